The molecule has 3 nitrogen and oxygen atoms in total. The van der Waals surface area contributed by atoms with Crippen LogP contribution in [0.5, 0.6) is 0 Å². The van der Waals surface area contributed by atoms with E-state index >= 15 is 0 Å². The smallest absolute Gasteiger partial charge is 0.266 e. The number of aryl methyl sites for hydroxylation is 2. The molecule has 0 unspecified atom stereocenters. The number of nitrogens with one attached hydrogen (secondary N) is 1. The monoisotopic (exact) mass is 282 g/mol. The molecule has 0 aliphatic carbocycles. The highest BCUT2D eigenvalue weighted by Gasteiger charge is 2.10. The van der Waals surface area contributed by atoms with Crippen molar-refractivity contribution in [1.29, 1.82) is 5.26 Å². The molecule has 0 atom stereocenters. The SMILES string of the molecule is Cc1cccc(NC(=O)/C(C#N)=C/c2ccc(C)s2)c1. The van der Waals surface area contributed by atoms with Crippen LogP contribution < -0.4 is 5.32 Å². The van der Waals surface area contributed by atoms with E-state index in [4.69, 9.17) is 5.26 Å². The molecule has 1 heterocycles. The molecule has 1 amide bonds. The molecule has 2 rings (SSSR count). The van der Waals surface area contributed by atoms with E-state index in [-0.39, 0.29) is 11.5 Å². The molecule has 0 saturated heterocycles. The van der Waals surface area contributed by atoms with Crippen LogP contribution in [-0.4, -0.2) is 5.91 Å². The van der Waals surface area contributed by atoms with Crippen molar-refractivity contribution in [2.75, 3.05) is 5.32 Å². The van der Waals surface area contributed by atoms with Gasteiger partial charge < -0.3 is 5.32 Å². The number of hydrogen-bond acceptors (Lipinski definition) is 3. The lowest BCUT2D eigenvalue weighted by Gasteiger charge is -2.04. The highest BCUT2D eigenvalue weighted by molar-refractivity contribution is 7.12. The van der Waals surface area contributed by atoms with Gasteiger partial charge in [0.25, 0.3) is 5.91 Å². The van der Waals surface area contributed by atoms with Crippen molar-refractivity contribution >= 4 is 29.0 Å². The summed E-state index contributed by atoms with van der Waals surface area (Å²) in [5, 5.41) is 11.9. The van der Waals surface area contributed by atoms with E-state index in [1.54, 1.807) is 23.5 Å². The number of thiophene rings is 1. The first kappa shape index (κ1) is 14.0. The molecule has 1 N–H and O–H groups in total. The summed E-state index contributed by atoms with van der Waals surface area (Å²) in [4.78, 5) is 14.1. The summed E-state index contributed by atoms with van der Waals surface area (Å²) in [5.41, 5.74) is 1.85. The molecule has 100 valence electrons. The van der Waals surface area contributed by atoms with Gasteiger partial charge in [-0.05, 0) is 49.8 Å². The second kappa shape index (κ2) is 6.18. The summed E-state index contributed by atoms with van der Waals surface area (Å²) in [6, 6.07) is 13.3. The van der Waals surface area contributed by atoms with Gasteiger partial charge in [0, 0.05) is 15.4 Å². The molecule has 0 radical (unpaired) electrons. The van der Waals surface area contributed by atoms with Crippen molar-refractivity contribution in [1.82, 2.24) is 0 Å². The van der Waals surface area contributed by atoms with Gasteiger partial charge in [-0.3, -0.25) is 4.79 Å². The third kappa shape index (κ3) is 3.56. The van der Waals surface area contributed by atoms with Gasteiger partial charge >= 0.3 is 0 Å². The van der Waals surface area contributed by atoms with Gasteiger partial charge in [-0.2, -0.15) is 5.26 Å². The standard InChI is InChI=1S/C16H14N2OS/c1-11-4-3-5-14(8-11)18-16(19)13(10-17)9-15-7-6-12(2)20-15/h3-9H,1-2H3,(H,18,19)/b13-9+. The Morgan fingerprint density at radius 1 is 1.30 bits per heavy atom. The number of rotatable bonds is 3. The fourth-order valence-electron chi connectivity index (χ4n) is 1.74. The average molecular weight is 282 g/mol. The topological polar surface area (TPSA) is 52.9 Å². The number of nitriles is 1. The van der Waals surface area contributed by atoms with Crippen LogP contribution in [0.25, 0.3) is 6.08 Å². The first-order valence-electron chi connectivity index (χ1n) is 6.15. The van der Waals surface area contributed by atoms with Gasteiger partial charge in [0.2, 0.25) is 0 Å². The van der Waals surface area contributed by atoms with Gasteiger partial charge in [0.05, 0.1) is 0 Å². The maximum Gasteiger partial charge on any atom is 0.266 e. The van der Waals surface area contributed by atoms with Crippen molar-refractivity contribution < 1.29 is 4.79 Å². The maximum absolute atomic E-state index is 12.1. The third-order valence-electron chi connectivity index (χ3n) is 2.69. The van der Waals surface area contributed by atoms with E-state index in [0.717, 1.165) is 15.3 Å². The maximum atomic E-state index is 12.1. The second-order valence-corrected chi connectivity index (χ2v) is 5.76. The molecule has 20 heavy (non-hydrogen) atoms. The lowest BCUT2D eigenvalue weighted by Crippen LogP contribution is -2.13. The summed E-state index contributed by atoms with van der Waals surface area (Å²) in [6.45, 7) is 3.94. The Labute approximate surface area is 122 Å². The normalized spacial score (nSPS) is 10.9. The number of benzene rings is 1. The van der Waals surface area contributed by atoms with E-state index in [0.29, 0.717) is 5.69 Å². The first-order valence-corrected chi connectivity index (χ1v) is 6.96. The molecular weight excluding hydrogens is 268 g/mol. The number of amides is 1. The Kier molecular flexibility index (Phi) is 4.34. The highest BCUT2D eigenvalue weighted by Crippen LogP contribution is 2.19. The Bertz CT molecular complexity index is 707. The molecule has 0 bridgehead atoms. The minimum absolute atomic E-state index is 0.105. The zero-order chi connectivity index (χ0) is 14.5. The van der Waals surface area contributed by atoms with Gasteiger partial charge in [-0.1, -0.05) is 12.1 Å². The van der Waals surface area contributed by atoms with Gasteiger partial charge in [0.1, 0.15) is 11.6 Å². The fourth-order valence-corrected chi connectivity index (χ4v) is 2.56. The first-order chi connectivity index (χ1) is 9.58. The Morgan fingerprint density at radius 2 is 2.10 bits per heavy atom. The van der Waals surface area contributed by atoms with E-state index in [1.165, 1.54) is 0 Å². The molecule has 0 aliphatic rings. The van der Waals surface area contributed by atoms with Crippen LogP contribution in [0.4, 0.5) is 5.69 Å². The van der Waals surface area contributed by atoms with Crippen molar-refractivity contribution in [2.45, 2.75) is 13.8 Å². The molecular formula is C16H14N2OS. The summed E-state index contributed by atoms with van der Waals surface area (Å²) >= 11 is 1.55. The lowest BCUT2D eigenvalue weighted by atomic mass is 10.2. The van der Waals surface area contributed by atoms with E-state index in [2.05, 4.69) is 5.32 Å². The quantitative estimate of drug-likeness (QED) is 0.685. The molecule has 2 aromatic rings. The average Bonchev–Trinajstić information content (AvgIpc) is 2.81. The van der Waals surface area contributed by atoms with Gasteiger partial charge in [-0.15, -0.1) is 11.3 Å². The predicted octanol–water partition coefficient (Wildman–Crippen LogP) is 3.91. The Balaban J connectivity index is 2.18. The van der Waals surface area contributed by atoms with Crippen LogP contribution in [0.2, 0.25) is 0 Å². The third-order valence-corrected chi connectivity index (χ3v) is 3.64. The minimum Gasteiger partial charge on any atom is -0.321 e. The second-order valence-electron chi connectivity index (χ2n) is 4.44. The van der Waals surface area contributed by atoms with Crippen LogP contribution in [0.15, 0.2) is 42.0 Å². The number of hydrogen-bond donors (Lipinski definition) is 1. The Hall–Kier alpha value is -2.38. The van der Waals surface area contributed by atoms with E-state index in [1.807, 2.05) is 50.2 Å². The zero-order valence-electron chi connectivity index (χ0n) is 11.3. The highest BCUT2D eigenvalue weighted by atomic mass is 32.1. The fraction of sp³-hybridized carbons (Fsp3) is 0.125. The molecule has 0 fully saturated rings. The van der Waals surface area contributed by atoms with Crippen molar-refractivity contribution in [2.24, 2.45) is 0 Å². The molecule has 0 saturated carbocycles. The van der Waals surface area contributed by atoms with Crippen LogP contribution in [-0.2, 0) is 4.79 Å². The minimum atomic E-state index is -0.385. The van der Waals surface area contributed by atoms with Gasteiger partial charge in [-0.25, -0.2) is 0 Å². The zero-order valence-corrected chi connectivity index (χ0v) is 12.1. The largest absolute Gasteiger partial charge is 0.321 e. The van der Waals surface area contributed by atoms with Crippen molar-refractivity contribution in [3.05, 3.63) is 57.3 Å². The van der Waals surface area contributed by atoms with Gasteiger partial charge in [0.15, 0.2) is 0 Å². The summed E-state index contributed by atoms with van der Waals surface area (Å²) < 4.78 is 0. The van der Waals surface area contributed by atoms with E-state index < -0.39 is 0 Å². The van der Waals surface area contributed by atoms with Crippen LogP contribution in [0, 0.1) is 25.2 Å². The van der Waals surface area contributed by atoms with Crippen molar-refractivity contribution in [3.63, 3.8) is 0 Å². The number of anilines is 1. The van der Waals surface area contributed by atoms with Crippen LogP contribution >= 0.6 is 11.3 Å². The number of nitrogens with zero attached hydrogens (tertiary/aromatic N) is 1. The van der Waals surface area contributed by atoms with Crippen LogP contribution in [0.3, 0.4) is 0 Å². The summed E-state index contributed by atoms with van der Waals surface area (Å²) in [5.74, 6) is -0.385. The molecule has 4 heteroatoms. The number of carbonyl (C=O) groups is 1. The molecule has 1 aromatic carbocycles. The van der Waals surface area contributed by atoms with Crippen LogP contribution in [0.1, 0.15) is 15.3 Å². The summed E-state index contributed by atoms with van der Waals surface area (Å²) in [7, 11) is 0. The number of carbonyl (C=O) groups excluding carboxylic acids is 1. The van der Waals surface area contributed by atoms with E-state index in [9.17, 15) is 4.79 Å². The predicted molar refractivity (Wildman–Crippen MR) is 82.5 cm³/mol. The Morgan fingerprint density at radius 3 is 2.70 bits per heavy atom. The lowest BCUT2D eigenvalue weighted by molar-refractivity contribution is -0.112. The van der Waals surface area contributed by atoms with Crippen molar-refractivity contribution in [3.8, 4) is 6.07 Å². The molecule has 1 aromatic heterocycles. The summed E-state index contributed by atoms with van der Waals surface area (Å²) in [6.07, 6.45) is 1.61. The molecule has 0 spiro atoms. The molecule has 0 aliphatic heterocycles.